The van der Waals surface area contributed by atoms with Crippen LogP contribution in [0.15, 0.2) is 72.8 Å². The highest BCUT2D eigenvalue weighted by Crippen LogP contribution is 2.44. The summed E-state index contributed by atoms with van der Waals surface area (Å²) in [5, 5.41) is 12.0. The van der Waals surface area contributed by atoms with Crippen molar-refractivity contribution in [1.82, 2.24) is 5.32 Å². The minimum Gasteiger partial charge on any atom is -0.480 e. The number of benzene rings is 3. The van der Waals surface area contributed by atoms with Gasteiger partial charge in [-0.1, -0.05) is 60.7 Å². The lowest BCUT2D eigenvalue weighted by atomic mass is 9.98. The molecule has 6 heteroatoms. The highest BCUT2D eigenvalue weighted by Gasteiger charge is 2.29. The number of carbonyl (C=O) groups is 2. The number of hydrogen-bond donors (Lipinski definition) is 2. The molecule has 5 nitrogen and oxygen atoms in total. The van der Waals surface area contributed by atoms with Gasteiger partial charge in [-0.3, -0.25) is 0 Å². The van der Waals surface area contributed by atoms with Gasteiger partial charge in [-0.15, -0.1) is 0 Å². The summed E-state index contributed by atoms with van der Waals surface area (Å²) in [6.07, 6.45) is -0.536. The summed E-state index contributed by atoms with van der Waals surface area (Å²) >= 11 is 2.19. The zero-order valence-electron chi connectivity index (χ0n) is 16.0. The lowest BCUT2D eigenvalue weighted by molar-refractivity contribution is -0.139. The monoisotopic (exact) mass is 513 g/mol. The zero-order chi connectivity index (χ0) is 21.1. The van der Waals surface area contributed by atoms with Crippen LogP contribution in [0.4, 0.5) is 4.79 Å². The lowest BCUT2D eigenvalue weighted by Crippen LogP contribution is -2.42. The molecule has 0 heterocycles. The summed E-state index contributed by atoms with van der Waals surface area (Å²) in [7, 11) is 0. The maximum absolute atomic E-state index is 12.4. The van der Waals surface area contributed by atoms with Crippen molar-refractivity contribution in [1.29, 1.82) is 0 Å². The Labute approximate surface area is 188 Å². The van der Waals surface area contributed by atoms with Crippen molar-refractivity contribution in [2.45, 2.75) is 18.4 Å². The molecule has 2 N–H and O–H groups in total. The third kappa shape index (κ3) is 4.33. The van der Waals surface area contributed by atoms with Gasteiger partial charge in [0.05, 0.1) is 0 Å². The number of aliphatic carboxylic acids is 1. The van der Waals surface area contributed by atoms with Crippen LogP contribution in [0.3, 0.4) is 0 Å². The molecule has 30 heavy (non-hydrogen) atoms. The minimum atomic E-state index is -1.10. The number of fused-ring (bicyclic) bond motifs is 3. The fourth-order valence-corrected chi connectivity index (χ4v) is 4.20. The molecule has 4 rings (SSSR count). The Morgan fingerprint density at radius 3 is 2.07 bits per heavy atom. The second-order valence-electron chi connectivity index (χ2n) is 7.19. The van der Waals surface area contributed by atoms with Gasteiger partial charge in [0.25, 0.3) is 0 Å². The highest BCUT2D eigenvalue weighted by molar-refractivity contribution is 14.1. The van der Waals surface area contributed by atoms with E-state index in [0.717, 1.165) is 31.4 Å². The Bertz CT molecular complexity index is 1040. The molecule has 1 atom stereocenters. The Hall–Kier alpha value is -2.87. The third-order valence-corrected chi connectivity index (χ3v) is 6.01. The molecular weight excluding hydrogens is 493 g/mol. The van der Waals surface area contributed by atoms with Crippen LogP contribution < -0.4 is 5.32 Å². The number of nitrogens with one attached hydrogen (secondary N) is 1. The molecule has 0 spiro atoms. The van der Waals surface area contributed by atoms with Gasteiger partial charge in [0.1, 0.15) is 12.6 Å². The van der Waals surface area contributed by atoms with E-state index in [1.165, 1.54) is 0 Å². The summed E-state index contributed by atoms with van der Waals surface area (Å²) in [5.74, 6) is -1.16. The number of amides is 1. The number of ether oxygens (including phenoxy) is 1. The topological polar surface area (TPSA) is 75.6 Å². The lowest BCUT2D eigenvalue weighted by Gasteiger charge is -2.17. The molecular formula is C24H20INO4. The van der Waals surface area contributed by atoms with Crippen LogP contribution >= 0.6 is 22.6 Å². The predicted molar refractivity (Wildman–Crippen MR) is 122 cm³/mol. The van der Waals surface area contributed by atoms with E-state index in [-0.39, 0.29) is 18.9 Å². The Balaban J connectivity index is 1.43. The van der Waals surface area contributed by atoms with Crippen LogP contribution in [-0.2, 0) is 16.0 Å². The van der Waals surface area contributed by atoms with Gasteiger partial charge in [-0.05, 0) is 62.5 Å². The molecule has 1 amide bonds. The van der Waals surface area contributed by atoms with Crippen molar-refractivity contribution >= 4 is 34.7 Å². The predicted octanol–water partition coefficient (Wildman–Crippen LogP) is 4.83. The summed E-state index contributed by atoms with van der Waals surface area (Å²) in [4.78, 5) is 24.0. The van der Waals surface area contributed by atoms with Gasteiger partial charge in [0.2, 0.25) is 0 Å². The first-order valence-electron chi connectivity index (χ1n) is 9.61. The van der Waals surface area contributed by atoms with E-state index in [0.29, 0.717) is 0 Å². The Kier molecular flexibility index (Phi) is 6.03. The smallest absolute Gasteiger partial charge is 0.407 e. The third-order valence-electron chi connectivity index (χ3n) is 5.29. The van der Waals surface area contributed by atoms with Gasteiger partial charge in [-0.25, -0.2) is 9.59 Å². The standard InChI is InChI=1S/C24H20INO4/c25-16-11-9-15(10-12-16)13-22(23(27)28)26-24(29)30-14-21-19-7-3-1-5-17(19)18-6-2-4-8-20(18)21/h1-12,21-22H,13-14H2,(H,26,29)(H,27,28)/t22-/m1/s1. The maximum atomic E-state index is 12.4. The van der Waals surface area contributed by atoms with Crippen molar-refractivity contribution in [3.63, 3.8) is 0 Å². The van der Waals surface area contributed by atoms with Crippen LogP contribution in [0.1, 0.15) is 22.6 Å². The molecule has 152 valence electrons. The molecule has 0 aliphatic heterocycles. The van der Waals surface area contributed by atoms with E-state index < -0.39 is 18.1 Å². The number of halogens is 1. The van der Waals surface area contributed by atoms with Gasteiger partial charge in [0.15, 0.2) is 0 Å². The van der Waals surface area contributed by atoms with Gasteiger partial charge >= 0.3 is 12.1 Å². The first-order chi connectivity index (χ1) is 14.5. The van der Waals surface area contributed by atoms with Crippen LogP contribution in [0.5, 0.6) is 0 Å². The molecule has 0 saturated heterocycles. The molecule has 3 aromatic carbocycles. The summed E-state index contributed by atoms with van der Waals surface area (Å²) < 4.78 is 6.53. The minimum absolute atomic E-state index is 0.0670. The molecule has 0 saturated carbocycles. The quantitative estimate of drug-likeness (QED) is 0.464. The molecule has 0 bridgehead atoms. The highest BCUT2D eigenvalue weighted by atomic mass is 127. The number of hydrogen-bond acceptors (Lipinski definition) is 3. The molecule has 0 radical (unpaired) electrons. The molecule has 1 aliphatic rings. The van der Waals surface area contributed by atoms with Crippen LogP contribution in [-0.4, -0.2) is 29.8 Å². The van der Waals surface area contributed by atoms with Crippen molar-refractivity contribution in [3.8, 4) is 11.1 Å². The number of rotatable bonds is 6. The largest absolute Gasteiger partial charge is 0.480 e. The van der Waals surface area contributed by atoms with E-state index in [1.54, 1.807) is 0 Å². The van der Waals surface area contributed by atoms with E-state index in [4.69, 9.17) is 4.74 Å². The van der Waals surface area contributed by atoms with E-state index in [9.17, 15) is 14.7 Å². The second kappa shape index (κ2) is 8.87. The molecule has 3 aromatic rings. The normalized spacial score (nSPS) is 13.2. The molecule has 0 fully saturated rings. The summed E-state index contributed by atoms with van der Waals surface area (Å²) in [5.41, 5.74) is 5.34. The number of alkyl carbamates (subject to hydrolysis) is 1. The average Bonchev–Trinajstić information content (AvgIpc) is 3.07. The zero-order valence-corrected chi connectivity index (χ0v) is 18.2. The van der Waals surface area contributed by atoms with E-state index in [2.05, 4.69) is 40.0 Å². The SMILES string of the molecule is O=C(N[C@H](Cc1ccc(I)cc1)C(=O)O)OCC1c2ccccc2-c2ccccc21. The van der Waals surface area contributed by atoms with Crippen LogP contribution in [0.25, 0.3) is 11.1 Å². The number of carboxylic acids is 1. The average molecular weight is 513 g/mol. The van der Waals surface area contributed by atoms with Gasteiger partial charge in [0, 0.05) is 15.9 Å². The van der Waals surface area contributed by atoms with Crippen molar-refractivity contribution < 1.29 is 19.4 Å². The summed E-state index contributed by atoms with van der Waals surface area (Å²) in [6.45, 7) is 0.149. The Morgan fingerprint density at radius 1 is 0.933 bits per heavy atom. The Morgan fingerprint density at radius 2 is 1.50 bits per heavy atom. The number of carboxylic acid groups (broad SMARTS) is 1. The van der Waals surface area contributed by atoms with Crippen LogP contribution in [0, 0.1) is 3.57 Å². The first kappa shape index (κ1) is 20.4. The van der Waals surface area contributed by atoms with Gasteiger partial charge in [-0.2, -0.15) is 0 Å². The van der Waals surface area contributed by atoms with E-state index >= 15 is 0 Å². The van der Waals surface area contributed by atoms with Crippen molar-refractivity contribution in [2.75, 3.05) is 6.61 Å². The molecule has 1 aliphatic carbocycles. The van der Waals surface area contributed by atoms with E-state index in [1.807, 2.05) is 60.7 Å². The fraction of sp³-hybridized carbons (Fsp3) is 0.167. The van der Waals surface area contributed by atoms with Gasteiger partial charge < -0.3 is 15.2 Å². The van der Waals surface area contributed by atoms with Crippen molar-refractivity contribution in [3.05, 3.63) is 93.1 Å². The van der Waals surface area contributed by atoms with Crippen molar-refractivity contribution in [2.24, 2.45) is 0 Å². The number of carbonyl (C=O) groups excluding carboxylic acids is 1. The molecule has 0 unspecified atom stereocenters. The summed E-state index contributed by atoms with van der Waals surface area (Å²) in [6, 6.07) is 22.6. The molecule has 0 aromatic heterocycles. The first-order valence-corrected chi connectivity index (χ1v) is 10.7. The van der Waals surface area contributed by atoms with Crippen LogP contribution in [0.2, 0.25) is 0 Å². The fourth-order valence-electron chi connectivity index (χ4n) is 3.84. The second-order valence-corrected chi connectivity index (χ2v) is 8.44. The maximum Gasteiger partial charge on any atom is 0.407 e.